The topological polar surface area (TPSA) is 75.5 Å². The van der Waals surface area contributed by atoms with E-state index in [9.17, 15) is 14.9 Å². The Morgan fingerprint density at radius 3 is 3.00 bits per heavy atom. The lowest BCUT2D eigenvalue weighted by atomic mass is 10.1. The van der Waals surface area contributed by atoms with E-state index in [-0.39, 0.29) is 11.6 Å². The molecule has 1 fully saturated rings. The van der Waals surface area contributed by atoms with Crippen LogP contribution < -0.4 is 5.32 Å². The minimum absolute atomic E-state index is 0.0102. The Hall–Kier alpha value is -2.21. The van der Waals surface area contributed by atoms with Crippen molar-refractivity contribution in [2.45, 2.75) is 6.42 Å². The highest BCUT2D eigenvalue weighted by molar-refractivity contribution is 5.92. The van der Waals surface area contributed by atoms with Gasteiger partial charge in [-0.25, -0.2) is 0 Å². The molecule has 1 saturated heterocycles. The van der Waals surface area contributed by atoms with Gasteiger partial charge in [0.05, 0.1) is 10.5 Å². The monoisotopic (exact) mass is 289 g/mol. The van der Waals surface area contributed by atoms with Crippen molar-refractivity contribution in [3.63, 3.8) is 0 Å². The molecular weight excluding hydrogens is 270 g/mol. The molecule has 1 aromatic rings. The van der Waals surface area contributed by atoms with Crippen LogP contribution in [0.4, 0.5) is 5.69 Å². The zero-order valence-corrected chi connectivity index (χ0v) is 12.0. The third-order valence-electron chi connectivity index (χ3n) is 3.63. The maximum absolute atomic E-state index is 12.1. The lowest BCUT2D eigenvalue weighted by Gasteiger charge is -2.14. The average Bonchev–Trinajstić information content (AvgIpc) is 2.94. The predicted octanol–water partition coefficient (Wildman–Crippen LogP) is 1.68. The second-order valence-electron chi connectivity index (χ2n) is 5.15. The fourth-order valence-corrected chi connectivity index (χ4v) is 2.55. The summed E-state index contributed by atoms with van der Waals surface area (Å²) in [4.78, 5) is 24.3. The van der Waals surface area contributed by atoms with Gasteiger partial charge < -0.3 is 10.2 Å². The summed E-state index contributed by atoms with van der Waals surface area (Å²) in [6, 6.07) is 6.40. The van der Waals surface area contributed by atoms with Crippen LogP contribution in [0.5, 0.6) is 0 Å². The van der Waals surface area contributed by atoms with Crippen LogP contribution >= 0.6 is 0 Å². The van der Waals surface area contributed by atoms with Crippen LogP contribution in [0, 0.1) is 16.0 Å². The fourth-order valence-electron chi connectivity index (χ4n) is 2.55. The molecule has 1 amide bonds. The fraction of sp³-hybridized carbons (Fsp3) is 0.400. The number of nitrogens with zero attached hydrogens (tertiary/aromatic N) is 2. The van der Waals surface area contributed by atoms with Crippen molar-refractivity contribution in [2.24, 2.45) is 5.92 Å². The van der Waals surface area contributed by atoms with Gasteiger partial charge in [-0.1, -0.05) is 12.1 Å². The quantitative estimate of drug-likeness (QED) is 0.508. The Morgan fingerprint density at radius 1 is 1.52 bits per heavy atom. The number of nitro benzene ring substituents is 1. The molecule has 1 heterocycles. The van der Waals surface area contributed by atoms with Crippen molar-refractivity contribution < 1.29 is 9.72 Å². The summed E-state index contributed by atoms with van der Waals surface area (Å²) in [7, 11) is 1.90. The third-order valence-corrected chi connectivity index (χ3v) is 3.63. The molecule has 0 radical (unpaired) electrons. The van der Waals surface area contributed by atoms with Gasteiger partial charge in [-0.2, -0.15) is 0 Å². The standard InChI is InChI=1S/C15H19N3O3/c1-16-10-12-8-9-17(11-12)15(19)7-6-13-4-2-3-5-14(13)18(20)21/h2-7,12,16H,8-11H2,1H3. The van der Waals surface area contributed by atoms with Gasteiger partial charge in [-0.05, 0) is 38.1 Å². The van der Waals surface area contributed by atoms with E-state index in [0.717, 1.165) is 26.1 Å². The molecule has 1 unspecified atom stereocenters. The minimum atomic E-state index is -0.442. The highest BCUT2D eigenvalue weighted by atomic mass is 16.6. The van der Waals surface area contributed by atoms with Gasteiger partial charge in [-0.15, -0.1) is 0 Å². The molecule has 2 rings (SSSR count). The lowest BCUT2D eigenvalue weighted by Crippen LogP contribution is -2.28. The third kappa shape index (κ3) is 3.88. The number of benzene rings is 1. The number of nitrogens with one attached hydrogen (secondary N) is 1. The van der Waals surface area contributed by atoms with Crippen LogP contribution in [0.2, 0.25) is 0 Å². The number of para-hydroxylation sites is 1. The molecule has 6 heteroatoms. The van der Waals surface area contributed by atoms with Gasteiger partial charge in [0.1, 0.15) is 0 Å². The van der Waals surface area contributed by atoms with Crippen molar-refractivity contribution in [1.82, 2.24) is 10.2 Å². The number of hydrogen-bond acceptors (Lipinski definition) is 4. The first-order valence-corrected chi connectivity index (χ1v) is 6.97. The van der Waals surface area contributed by atoms with E-state index in [4.69, 9.17) is 0 Å². The Bertz CT molecular complexity index is 557. The summed E-state index contributed by atoms with van der Waals surface area (Å²) in [6.07, 6.45) is 3.93. The van der Waals surface area contributed by atoms with Crippen molar-refractivity contribution in [1.29, 1.82) is 0 Å². The molecule has 1 atom stereocenters. The van der Waals surface area contributed by atoms with E-state index in [1.165, 1.54) is 18.2 Å². The summed E-state index contributed by atoms with van der Waals surface area (Å²) in [5.41, 5.74) is 0.456. The van der Waals surface area contributed by atoms with E-state index >= 15 is 0 Å². The number of carbonyl (C=O) groups is 1. The number of hydrogen-bond donors (Lipinski definition) is 1. The van der Waals surface area contributed by atoms with Gasteiger partial charge in [-0.3, -0.25) is 14.9 Å². The highest BCUT2D eigenvalue weighted by Crippen LogP contribution is 2.20. The Morgan fingerprint density at radius 2 is 2.29 bits per heavy atom. The van der Waals surface area contributed by atoms with Gasteiger partial charge >= 0.3 is 0 Å². The molecule has 21 heavy (non-hydrogen) atoms. The van der Waals surface area contributed by atoms with Gasteiger partial charge in [0.2, 0.25) is 5.91 Å². The maximum atomic E-state index is 12.1. The molecule has 6 nitrogen and oxygen atoms in total. The van der Waals surface area contributed by atoms with E-state index in [1.807, 2.05) is 7.05 Å². The second kappa shape index (κ2) is 6.99. The zero-order chi connectivity index (χ0) is 15.2. The molecule has 1 aliphatic rings. The summed E-state index contributed by atoms with van der Waals surface area (Å²) < 4.78 is 0. The van der Waals surface area contributed by atoms with Crippen LogP contribution in [0.15, 0.2) is 30.3 Å². The van der Waals surface area contributed by atoms with E-state index in [2.05, 4.69) is 5.32 Å². The Labute approximate surface area is 123 Å². The number of amides is 1. The molecule has 112 valence electrons. The highest BCUT2D eigenvalue weighted by Gasteiger charge is 2.24. The van der Waals surface area contributed by atoms with Gasteiger partial charge in [0.15, 0.2) is 0 Å². The summed E-state index contributed by atoms with van der Waals surface area (Å²) in [5, 5.41) is 14.0. The molecular formula is C15H19N3O3. The predicted molar refractivity (Wildman–Crippen MR) is 80.7 cm³/mol. The van der Waals surface area contributed by atoms with E-state index in [0.29, 0.717) is 11.5 Å². The normalized spacial score (nSPS) is 18.3. The van der Waals surface area contributed by atoms with Crippen molar-refractivity contribution in [3.8, 4) is 0 Å². The van der Waals surface area contributed by atoms with Crippen LogP contribution in [0.3, 0.4) is 0 Å². The first-order chi connectivity index (χ1) is 10.1. The number of carbonyl (C=O) groups excluding carboxylic acids is 1. The average molecular weight is 289 g/mol. The first-order valence-electron chi connectivity index (χ1n) is 6.97. The van der Waals surface area contributed by atoms with Crippen LogP contribution in [0.25, 0.3) is 6.08 Å². The lowest BCUT2D eigenvalue weighted by molar-refractivity contribution is -0.385. The SMILES string of the molecule is CNCC1CCN(C(=O)C=Cc2ccccc2[N+](=O)[O-])C1. The van der Waals surface area contributed by atoms with Gasteiger partial charge in [0.25, 0.3) is 5.69 Å². The molecule has 1 aliphatic heterocycles. The first kappa shape index (κ1) is 15.2. The largest absolute Gasteiger partial charge is 0.339 e. The molecule has 0 aromatic heterocycles. The molecule has 1 N–H and O–H groups in total. The maximum Gasteiger partial charge on any atom is 0.276 e. The van der Waals surface area contributed by atoms with Crippen LogP contribution in [0.1, 0.15) is 12.0 Å². The van der Waals surface area contributed by atoms with Gasteiger partial charge in [0, 0.05) is 25.2 Å². The van der Waals surface area contributed by atoms with Crippen molar-refractivity contribution in [3.05, 3.63) is 46.0 Å². The molecule has 0 aliphatic carbocycles. The molecule has 0 bridgehead atoms. The van der Waals surface area contributed by atoms with Crippen LogP contribution in [-0.2, 0) is 4.79 Å². The van der Waals surface area contributed by atoms with Crippen molar-refractivity contribution in [2.75, 3.05) is 26.7 Å². The summed E-state index contributed by atoms with van der Waals surface area (Å²) in [5.74, 6) is 0.394. The smallest absolute Gasteiger partial charge is 0.276 e. The van der Waals surface area contributed by atoms with E-state index in [1.54, 1.807) is 23.1 Å². The Kier molecular flexibility index (Phi) is 5.05. The number of likely N-dealkylation sites (tertiary alicyclic amines) is 1. The zero-order valence-electron chi connectivity index (χ0n) is 12.0. The van der Waals surface area contributed by atoms with Crippen molar-refractivity contribution >= 4 is 17.7 Å². The minimum Gasteiger partial charge on any atom is -0.339 e. The molecule has 0 saturated carbocycles. The number of rotatable bonds is 5. The summed E-state index contributed by atoms with van der Waals surface area (Å²) in [6.45, 7) is 2.38. The van der Waals surface area contributed by atoms with E-state index < -0.39 is 4.92 Å². The summed E-state index contributed by atoms with van der Waals surface area (Å²) >= 11 is 0. The second-order valence-corrected chi connectivity index (χ2v) is 5.15. The molecule has 0 spiro atoms. The van der Waals surface area contributed by atoms with Crippen LogP contribution in [-0.4, -0.2) is 42.4 Å². The Balaban J connectivity index is 2.02. The number of nitro groups is 1. The molecule has 1 aromatic carbocycles.